The molecule has 3 heteroatoms. The molecule has 2 N–H and O–H groups in total. The minimum Gasteiger partial charge on any atom is -0.392 e. The topological polar surface area (TPSA) is 29.3 Å². The molecule has 0 radical (unpaired) electrons. The third kappa shape index (κ3) is 4.32. The Hall–Kier alpha value is -0.150. The van der Waals surface area contributed by atoms with E-state index in [0.29, 0.717) is 4.99 Å². The van der Waals surface area contributed by atoms with Crippen molar-refractivity contribution in [1.29, 1.82) is 0 Å². The van der Waals surface area contributed by atoms with Gasteiger partial charge in [0, 0.05) is 6.54 Å². The summed E-state index contributed by atoms with van der Waals surface area (Å²) in [6.45, 7) is 1.91. The number of rotatable bonds is 5. The quantitative estimate of drug-likeness (QED) is 0.627. The number of nitrogens with zero attached hydrogens (tertiary/aromatic N) is 1. The van der Waals surface area contributed by atoms with E-state index in [9.17, 15) is 0 Å². The van der Waals surface area contributed by atoms with E-state index in [4.69, 9.17) is 18.0 Å². The molecule has 0 heterocycles. The van der Waals surface area contributed by atoms with Crippen LogP contribution in [0.25, 0.3) is 0 Å². The van der Waals surface area contributed by atoms with Crippen molar-refractivity contribution in [3.63, 3.8) is 0 Å². The fourth-order valence-corrected chi connectivity index (χ4v) is 1.37. The first-order valence-electron chi connectivity index (χ1n) is 4.15. The normalized spacial score (nSPS) is 17.3. The van der Waals surface area contributed by atoms with E-state index in [1.54, 1.807) is 0 Å². The fourth-order valence-electron chi connectivity index (χ4n) is 1.15. The van der Waals surface area contributed by atoms with Crippen LogP contribution in [-0.2, 0) is 0 Å². The van der Waals surface area contributed by atoms with Crippen molar-refractivity contribution in [2.24, 2.45) is 11.7 Å². The molecule has 0 aromatic carbocycles. The first kappa shape index (κ1) is 8.94. The van der Waals surface area contributed by atoms with Crippen molar-refractivity contribution in [3.8, 4) is 0 Å². The molecule has 2 nitrogen and oxygen atoms in total. The first-order chi connectivity index (χ1) is 5.18. The van der Waals surface area contributed by atoms with Crippen molar-refractivity contribution in [3.05, 3.63) is 0 Å². The standard InChI is InChI=1S/C8H16N2S/c1-10(6-8(9)11)5-4-7-2-3-7/h7H,2-6H2,1H3,(H2,9,11). The van der Waals surface area contributed by atoms with Gasteiger partial charge in [0.2, 0.25) is 0 Å². The first-order valence-corrected chi connectivity index (χ1v) is 4.56. The maximum absolute atomic E-state index is 5.41. The van der Waals surface area contributed by atoms with Crippen molar-refractivity contribution in [2.75, 3.05) is 20.1 Å². The maximum Gasteiger partial charge on any atom is 0.0869 e. The Labute approximate surface area is 73.7 Å². The molecular weight excluding hydrogens is 156 g/mol. The maximum atomic E-state index is 5.41. The molecular formula is C8H16N2S. The second kappa shape index (κ2) is 4.02. The van der Waals surface area contributed by atoms with Gasteiger partial charge in [-0.15, -0.1) is 0 Å². The van der Waals surface area contributed by atoms with Crippen molar-refractivity contribution >= 4 is 17.2 Å². The Morgan fingerprint density at radius 1 is 1.64 bits per heavy atom. The summed E-state index contributed by atoms with van der Waals surface area (Å²) in [7, 11) is 2.07. The summed E-state index contributed by atoms with van der Waals surface area (Å²) in [5.41, 5.74) is 5.41. The van der Waals surface area contributed by atoms with Gasteiger partial charge in [-0.3, -0.25) is 4.90 Å². The number of likely N-dealkylation sites (N-methyl/N-ethyl adjacent to an activating group) is 1. The highest BCUT2D eigenvalue weighted by Crippen LogP contribution is 2.32. The Morgan fingerprint density at radius 2 is 2.27 bits per heavy atom. The van der Waals surface area contributed by atoms with Crippen molar-refractivity contribution in [2.45, 2.75) is 19.3 Å². The monoisotopic (exact) mass is 172 g/mol. The van der Waals surface area contributed by atoms with Crippen LogP contribution in [0.1, 0.15) is 19.3 Å². The molecule has 0 spiro atoms. The zero-order valence-corrected chi connectivity index (χ0v) is 7.86. The van der Waals surface area contributed by atoms with E-state index in [-0.39, 0.29) is 0 Å². The predicted molar refractivity (Wildman–Crippen MR) is 51.6 cm³/mol. The summed E-state index contributed by atoms with van der Waals surface area (Å²) in [5.74, 6) is 1.00. The van der Waals surface area contributed by atoms with Gasteiger partial charge in [-0.1, -0.05) is 25.1 Å². The van der Waals surface area contributed by atoms with Crippen molar-refractivity contribution < 1.29 is 0 Å². The van der Waals surface area contributed by atoms with Crippen LogP contribution >= 0.6 is 12.2 Å². The smallest absolute Gasteiger partial charge is 0.0869 e. The predicted octanol–water partition coefficient (Wildman–Crippen LogP) is 1.00. The highest BCUT2D eigenvalue weighted by atomic mass is 32.1. The van der Waals surface area contributed by atoms with Crippen LogP contribution < -0.4 is 5.73 Å². The molecule has 0 amide bonds. The van der Waals surface area contributed by atoms with E-state index in [0.717, 1.165) is 19.0 Å². The lowest BCUT2D eigenvalue weighted by atomic mass is 10.3. The third-order valence-electron chi connectivity index (χ3n) is 2.04. The summed E-state index contributed by atoms with van der Waals surface area (Å²) >= 11 is 4.80. The van der Waals surface area contributed by atoms with Gasteiger partial charge in [0.05, 0.1) is 4.99 Å². The molecule has 0 atom stereocenters. The molecule has 0 aliphatic heterocycles. The largest absolute Gasteiger partial charge is 0.392 e. The molecule has 11 heavy (non-hydrogen) atoms. The van der Waals surface area contributed by atoms with Crippen LogP contribution in [0.3, 0.4) is 0 Å². The molecule has 1 aliphatic rings. The highest BCUT2D eigenvalue weighted by Gasteiger charge is 2.20. The summed E-state index contributed by atoms with van der Waals surface area (Å²) in [6, 6.07) is 0. The third-order valence-corrected chi connectivity index (χ3v) is 2.17. The molecule has 0 aromatic heterocycles. The Bertz CT molecular complexity index is 143. The number of hydrogen-bond acceptors (Lipinski definition) is 2. The van der Waals surface area contributed by atoms with E-state index >= 15 is 0 Å². The summed E-state index contributed by atoms with van der Waals surface area (Å²) in [4.78, 5) is 2.80. The molecule has 1 aliphatic carbocycles. The van der Waals surface area contributed by atoms with Crippen LogP contribution in [0.4, 0.5) is 0 Å². The van der Waals surface area contributed by atoms with Gasteiger partial charge in [0.15, 0.2) is 0 Å². The zero-order chi connectivity index (χ0) is 8.27. The molecule has 64 valence electrons. The summed E-state index contributed by atoms with van der Waals surface area (Å²) < 4.78 is 0. The van der Waals surface area contributed by atoms with E-state index in [1.165, 1.54) is 19.3 Å². The minimum atomic E-state index is 0.600. The SMILES string of the molecule is CN(CCC1CC1)CC(N)=S. The molecule has 0 aromatic rings. The highest BCUT2D eigenvalue weighted by molar-refractivity contribution is 7.80. The average molecular weight is 172 g/mol. The van der Waals surface area contributed by atoms with E-state index in [1.807, 2.05) is 0 Å². The van der Waals surface area contributed by atoms with E-state index in [2.05, 4.69) is 11.9 Å². The van der Waals surface area contributed by atoms with Crippen molar-refractivity contribution in [1.82, 2.24) is 4.90 Å². The van der Waals surface area contributed by atoms with Gasteiger partial charge >= 0.3 is 0 Å². The van der Waals surface area contributed by atoms with Gasteiger partial charge in [-0.2, -0.15) is 0 Å². The molecule has 1 rings (SSSR count). The van der Waals surface area contributed by atoms with Crippen LogP contribution in [0.5, 0.6) is 0 Å². The fraction of sp³-hybridized carbons (Fsp3) is 0.875. The number of thiocarbonyl (C=S) groups is 1. The van der Waals surface area contributed by atoms with Gasteiger partial charge in [-0.25, -0.2) is 0 Å². The van der Waals surface area contributed by atoms with E-state index < -0.39 is 0 Å². The van der Waals surface area contributed by atoms with Crippen LogP contribution in [0.2, 0.25) is 0 Å². The summed E-state index contributed by atoms with van der Waals surface area (Å²) in [6.07, 6.45) is 4.18. The molecule has 1 saturated carbocycles. The number of nitrogens with two attached hydrogens (primary N) is 1. The average Bonchev–Trinajstić information content (AvgIpc) is 2.63. The minimum absolute atomic E-state index is 0.600. The number of hydrogen-bond donors (Lipinski definition) is 1. The second-order valence-electron chi connectivity index (χ2n) is 3.44. The van der Waals surface area contributed by atoms with Gasteiger partial charge in [0.25, 0.3) is 0 Å². The molecule has 0 bridgehead atoms. The zero-order valence-electron chi connectivity index (χ0n) is 7.05. The Kier molecular flexibility index (Phi) is 3.27. The van der Waals surface area contributed by atoms with Crippen LogP contribution in [0, 0.1) is 5.92 Å². The second-order valence-corrected chi connectivity index (χ2v) is 3.96. The lowest BCUT2D eigenvalue weighted by Gasteiger charge is -2.14. The van der Waals surface area contributed by atoms with Gasteiger partial charge in [0.1, 0.15) is 0 Å². The molecule has 0 saturated heterocycles. The van der Waals surface area contributed by atoms with Crippen LogP contribution in [0.15, 0.2) is 0 Å². The lowest BCUT2D eigenvalue weighted by molar-refractivity contribution is 0.365. The Balaban J connectivity index is 1.99. The summed E-state index contributed by atoms with van der Waals surface area (Å²) in [5, 5.41) is 0. The molecule has 0 unspecified atom stereocenters. The lowest BCUT2D eigenvalue weighted by Crippen LogP contribution is -2.30. The molecule has 1 fully saturated rings. The van der Waals surface area contributed by atoms with Gasteiger partial charge < -0.3 is 5.73 Å². The van der Waals surface area contributed by atoms with Crippen LogP contribution in [-0.4, -0.2) is 30.0 Å². The van der Waals surface area contributed by atoms with Gasteiger partial charge in [-0.05, 0) is 25.9 Å². The Morgan fingerprint density at radius 3 is 2.73 bits per heavy atom.